The zero-order valence-corrected chi connectivity index (χ0v) is 11.2. The van der Waals surface area contributed by atoms with Gasteiger partial charge in [0.2, 0.25) is 0 Å². The first-order valence-corrected chi connectivity index (χ1v) is 7.06. The number of amides is 1. The predicted molar refractivity (Wildman–Crippen MR) is 73.7 cm³/mol. The molecule has 1 aliphatic rings. The summed E-state index contributed by atoms with van der Waals surface area (Å²) in [5, 5.41) is 3.25. The Kier molecular flexibility index (Phi) is 3.54. The van der Waals surface area contributed by atoms with Gasteiger partial charge < -0.3 is 11.1 Å². The van der Waals surface area contributed by atoms with E-state index in [1.165, 1.54) is 12.8 Å². The van der Waals surface area contributed by atoms with E-state index in [0.29, 0.717) is 22.8 Å². The fourth-order valence-electron chi connectivity index (χ4n) is 1.65. The predicted octanol–water partition coefficient (Wildman–Crippen LogP) is 2.55. The molecule has 1 aromatic carbocycles. The average molecular weight is 271 g/mol. The molecule has 0 radical (unpaired) electrons. The largest absolute Gasteiger partial charge is 0.398 e. The van der Waals surface area contributed by atoms with Gasteiger partial charge in [-0.2, -0.15) is 11.8 Å². The summed E-state index contributed by atoms with van der Waals surface area (Å²) in [6.07, 6.45) is 4.41. The Balaban J connectivity index is 2.02. The summed E-state index contributed by atoms with van der Waals surface area (Å²) in [6, 6.07) is 5.10. The minimum atomic E-state index is -0.150. The van der Waals surface area contributed by atoms with Crippen molar-refractivity contribution in [3.63, 3.8) is 0 Å². The molecule has 17 heavy (non-hydrogen) atoms. The number of nitrogen functional groups attached to an aromatic ring is 1. The van der Waals surface area contributed by atoms with E-state index < -0.39 is 0 Å². The summed E-state index contributed by atoms with van der Waals surface area (Å²) in [4.78, 5) is 11.9. The van der Waals surface area contributed by atoms with E-state index in [9.17, 15) is 4.79 Å². The number of benzene rings is 1. The Bertz CT molecular complexity index is 446. The van der Waals surface area contributed by atoms with E-state index in [1.807, 2.05) is 11.8 Å². The summed E-state index contributed by atoms with van der Waals surface area (Å²) in [7, 11) is 0. The molecule has 1 aromatic rings. The molecule has 1 aliphatic carbocycles. The van der Waals surface area contributed by atoms with Crippen LogP contribution in [0.3, 0.4) is 0 Å². The van der Waals surface area contributed by atoms with Crippen molar-refractivity contribution < 1.29 is 4.79 Å². The molecule has 0 spiro atoms. The summed E-state index contributed by atoms with van der Waals surface area (Å²) >= 11 is 7.81. The van der Waals surface area contributed by atoms with Crippen LogP contribution in [-0.4, -0.2) is 23.5 Å². The number of anilines is 1. The second-order valence-corrected chi connectivity index (χ2v) is 5.93. The molecular formula is C12H15ClN2OS. The van der Waals surface area contributed by atoms with Crippen LogP contribution in [0, 0.1) is 0 Å². The summed E-state index contributed by atoms with van der Waals surface area (Å²) in [6.45, 7) is 0.693. The molecular weight excluding hydrogens is 256 g/mol. The Labute approximate surface area is 110 Å². The second-order valence-electron chi connectivity index (χ2n) is 4.28. The van der Waals surface area contributed by atoms with Gasteiger partial charge in [0, 0.05) is 11.3 Å². The molecule has 0 atom stereocenters. The van der Waals surface area contributed by atoms with Crippen molar-refractivity contribution in [3.05, 3.63) is 28.8 Å². The van der Waals surface area contributed by atoms with Crippen LogP contribution in [0.1, 0.15) is 23.2 Å². The van der Waals surface area contributed by atoms with Crippen molar-refractivity contribution in [2.45, 2.75) is 17.6 Å². The first-order valence-electron chi connectivity index (χ1n) is 5.45. The zero-order valence-electron chi connectivity index (χ0n) is 9.63. The maximum atomic E-state index is 11.9. The van der Waals surface area contributed by atoms with Gasteiger partial charge in [-0.1, -0.05) is 17.7 Å². The Morgan fingerprint density at radius 1 is 1.59 bits per heavy atom. The van der Waals surface area contributed by atoms with Gasteiger partial charge in [0.25, 0.3) is 5.91 Å². The molecule has 0 bridgehead atoms. The van der Waals surface area contributed by atoms with Crippen LogP contribution in [0.5, 0.6) is 0 Å². The first kappa shape index (κ1) is 12.6. The minimum Gasteiger partial charge on any atom is -0.398 e. The third-order valence-corrected chi connectivity index (χ3v) is 4.93. The molecule has 5 heteroatoms. The lowest BCUT2D eigenvalue weighted by Crippen LogP contribution is -2.31. The highest BCUT2D eigenvalue weighted by Gasteiger charge is 2.42. The van der Waals surface area contributed by atoms with E-state index in [1.54, 1.807) is 18.2 Å². The number of carbonyl (C=O) groups is 1. The fraction of sp³-hybridized carbons (Fsp3) is 0.417. The summed E-state index contributed by atoms with van der Waals surface area (Å²) in [5.74, 6) is -0.150. The molecule has 2 rings (SSSR count). The Morgan fingerprint density at radius 2 is 2.29 bits per heavy atom. The van der Waals surface area contributed by atoms with Crippen molar-refractivity contribution in [2.24, 2.45) is 0 Å². The highest BCUT2D eigenvalue weighted by molar-refractivity contribution is 8.00. The standard InChI is InChI=1S/C12H15ClN2OS/c1-17-12(5-6-12)7-15-11(16)8-3-2-4-9(14)10(8)13/h2-4H,5-7,14H2,1H3,(H,15,16). The Morgan fingerprint density at radius 3 is 2.88 bits per heavy atom. The van der Waals surface area contributed by atoms with Crippen molar-refractivity contribution in [3.8, 4) is 0 Å². The number of hydrogen-bond donors (Lipinski definition) is 2. The fourth-order valence-corrected chi connectivity index (χ4v) is 2.59. The number of nitrogens with one attached hydrogen (secondary N) is 1. The Hall–Kier alpha value is -0.870. The van der Waals surface area contributed by atoms with Crippen molar-refractivity contribution in [2.75, 3.05) is 18.5 Å². The quantitative estimate of drug-likeness (QED) is 0.827. The maximum absolute atomic E-state index is 11.9. The molecule has 1 amide bonds. The third kappa shape index (κ3) is 2.69. The zero-order chi connectivity index (χ0) is 12.5. The molecule has 0 heterocycles. The van der Waals surface area contributed by atoms with E-state index in [-0.39, 0.29) is 10.7 Å². The van der Waals surface area contributed by atoms with Crippen LogP contribution < -0.4 is 11.1 Å². The van der Waals surface area contributed by atoms with Crippen LogP contribution >= 0.6 is 23.4 Å². The van der Waals surface area contributed by atoms with Crippen LogP contribution in [0.15, 0.2) is 18.2 Å². The van der Waals surface area contributed by atoms with Gasteiger partial charge in [-0.25, -0.2) is 0 Å². The van der Waals surface area contributed by atoms with Crippen molar-refractivity contribution in [1.82, 2.24) is 5.32 Å². The average Bonchev–Trinajstić information content (AvgIpc) is 3.10. The number of thioether (sulfide) groups is 1. The minimum absolute atomic E-state index is 0.150. The van der Waals surface area contributed by atoms with Gasteiger partial charge in [0.05, 0.1) is 16.3 Å². The molecule has 0 aromatic heterocycles. The molecule has 92 valence electrons. The molecule has 3 nitrogen and oxygen atoms in total. The molecule has 0 saturated heterocycles. The smallest absolute Gasteiger partial charge is 0.252 e. The topological polar surface area (TPSA) is 55.1 Å². The van der Waals surface area contributed by atoms with Crippen LogP contribution in [0.2, 0.25) is 5.02 Å². The van der Waals surface area contributed by atoms with E-state index >= 15 is 0 Å². The van der Waals surface area contributed by atoms with Crippen LogP contribution in [0.4, 0.5) is 5.69 Å². The van der Waals surface area contributed by atoms with Gasteiger partial charge in [-0.15, -0.1) is 0 Å². The van der Waals surface area contributed by atoms with Gasteiger partial charge in [0.1, 0.15) is 0 Å². The van der Waals surface area contributed by atoms with Gasteiger partial charge in [-0.3, -0.25) is 4.79 Å². The van der Waals surface area contributed by atoms with Gasteiger partial charge >= 0.3 is 0 Å². The van der Waals surface area contributed by atoms with Crippen molar-refractivity contribution in [1.29, 1.82) is 0 Å². The highest BCUT2D eigenvalue weighted by Crippen LogP contribution is 2.46. The number of hydrogen-bond acceptors (Lipinski definition) is 3. The first-order chi connectivity index (χ1) is 8.08. The van der Waals surface area contributed by atoms with Gasteiger partial charge in [-0.05, 0) is 31.2 Å². The highest BCUT2D eigenvalue weighted by atomic mass is 35.5. The monoisotopic (exact) mass is 270 g/mol. The SMILES string of the molecule is CSC1(CNC(=O)c2cccc(N)c2Cl)CC1. The lowest BCUT2D eigenvalue weighted by atomic mass is 10.2. The third-order valence-electron chi connectivity index (χ3n) is 3.09. The van der Waals surface area contributed by atoms with Crippen LogP contribution in [-0.2, 0) is 0 Å². The molecule has 1 saturated carbocycles. The lowest BCUT2D eigenvalue weighted by molar-refractivity contribution is 0.0953. The molecule has 3 N–H and O–H groups in total. The summed E-state index contributed by atoms with van der Waals surface area (Å²) < 4.78 is 0.252. The number of rotatable bonds is 4. The number of carbonyl (C=O) groups excluding carboxylic acids is 1. The second kappa shape index (κ2) is 4.78. The molecule has 0 unspecified atom stereocenters. The van der Waals surface area contributed by atoms with E-state index in [4.69, 9.17) is 17.3 Å². The normalized spacial score (nSPS) is 16.6. The number of halogens is 1. The van der Waals surface area contributed by atoms with Crippen LogP contribution in [0.25, 0.3) is 0 Å². The number of nitrogens with two attached hydrogens (primary N) is 1. The van der Waals surface area contributed by atoms with E-state index in [2.05, 4.69) is 11.6 Å². The van der Waals surface area contributed by atoms with E-state index in [0.717, 1.165) is 0 Å². The van der Waals surface area contributed by atoms with Crippen molar-refractivity contribution >= 4 is 35.0 Å². The van der Waals surface area contributed by atoms with Gasteiger partial charge in [0.15, 0.2) is 0 Å². The lowest BCUT2D eigenvalue weighted by Gasteiger charge is -2.13. The molecule has 0 aliphatic heterocycles. The molecule has 1 fully saturated rings. The maximum Gasteiger partial charge on any atom is 0.252 e. The summed E-state index contributed by atoms with van der Waals surface area (Å²) in [5.41, 5.74) is 6.55.